The molecule has 1 atom stereocenters. The molecular formula is C23H33N3O3. The highest BCUT2D eigenvalue weighted by molar-refractivity contribution is 5.94. The van der Waals surface area contributed by atoms with Crippen LogP contribution in [0.25, 0.3) is 0 Å². The molecule has 0 radical (unpaired) electrons. The molecule has 0 bridgehead atoms. The van der Waals surface area contributed by atoms with Crippen LogP contribution >= 0.6 is 0 Å². The number of amides is 2. The number of morpholine rings is 1. The lowest BCUT2D eigenvalue weighted by Crippen LogP contribution is -2.59. The second-order valence-corrected chi connectivity index (χ2v) is 8.62. The maximum atomic E-state index is 13.4. The standard InChI is InChI=1S/C23H33N3O3/c1-18-6-8-20(9-7-18)22(27)25-12-10-24(11-13-25)21(19-4-2-3-5-19)23(28)26-14-16-29-17-15-26/h6-9,19,21H,2-5,10-17H2,1H3. The Labute approximate surface area is 173 Å². The van der Waals surface area contributed by atoms with E-state index in [9.17, 15) is 9.59 Å². The van der Waals surface area contributed by atoms with Gasteiger partial charge in [0.15, 0.2) is 0 Å². The second-order valence-electron chi connectivity index (χ2n) is 8.62. The molecule has 1 aliphatic carbocycles. The van der Waals surface area contributed by atoms with Gasteiger partial charge in [-0.1, -0.05) is 30.5 Å². The van der Waals surface area contributed by atoms with Crippen molar-refractivity contribution in [2.24, 2.45) is 5.92 Å². The lowest BCUT2D eigenvalue weighted by molar-refractivity contribution is -0.144. The van der Waals surface area contributed by atoms with Gasteiger partial charge in [0.2, 0.25) is 5.91 Å². The zero-order valence-electron chi connectivity index (χ0n) is 17.5. The van der Waals surface area contributed by atoms with E-state index in [2.05, 4.69) is 4.90 Å². The van der Waals surface area contributed by atoms with E-state index in [1.807, 2.05) is 41.0 Å². The monoisotopic (exact) mass is 399 g/mol. The minimum Gasteiger partial charge on any atom is -0.378 e. The van der Waals surface area contributed by atoms with Gasteiger partial charge in [0.1, 0.15) is 0 Å². The number of hydrogen-bond donors (Lipinski definition) is 0. The number of piperazine rings is 1. The number of ether oxygens (including phenoxy) is 1. The maximum absolute atomic E-state index is 13.4. The average molecular weight is 400 g/mol. The fraction of sp³-hybridized carbons (Fsp3) is 0.652. The first kappa shape index (κ1) is 20.4. The minimum absolute atomic E-state index is 0.0350. The van der Waals surface area contributed by atoms with E-state index in [0.717, 1.165) is 37.1 Å². The van der Waals surface area contributed by atoms with Crippen LogP contribution < -0.4 is 0 Å². The van der Waals surface area contributed by atoms with Crippen molar-refractivity contribution < 1.29 is 14.3 Å². The van der Waals surface area contributed by atoms with Gasteiger partial charge in [0.05, 0.1) is 19.3 Å². The lowest BCUT2D eigenvalue weighted by atomic mass is 9.94. The lowest BCUT2D eigenvalue weighted by Gasteiger charge is -2.43. The molecule has 2 aliphatic heterocycles. The number of benzene rings is 1. The fourth-order valence-electron chi connectivity index (χ4n) is 4.98. The molecule has 6 heteroatoms. The van der Waals surface area contributed by atoms with Crippen molar-refractivity contribution >= 4 is 11.8 Å². The molecule has 0 spiro atoms. The molecule has 1 saturated carbocycles. The molecule has 2 heterocycles. The molecule has 2 amide bonds. The van der Waals surface area contributed by atoms with Crippen LogP contribution in [0.2, 0.25) is 0 Å². The molecule has 1 aromatic carbocycles. The van der Waals surface area contributed by atoms with Crippen LogP contribution in [0.5, 0.6) is 0 Å². The van der Waals surface area contributed by atoms with Crippen molar-refractivity contribution in [1.29, 1.82) is 0 Å². The summed E-state index contributed by atoms with van der Waals surface area (Å²) >= 11 is 0. The zero-order chi connectivity index (χ0) is 20.2. The first-order valence-electron chi connectivity index (χ1n) is 11.1. The van der Waals surface area contributed by atoms with Crippen LogP contribution in [-0.4, -0.2) is 85.0 Å². The largest absolute Gasteiger partial charge is 0.378 e. The fourth-order valence-corrected chi connectivity index (χ4v) is 4.98. The molecule has 3 fully saturated rings. The highest BCUT2D eigenvalue weighted by Crippen LogP contribution is 2.32. The molecule has 0 N–H and O–H groups in total. The van der Waals surface area contributed by atoms with Crippen LogP contribution in [0, 0.1) is 12.8 Å². The third-order valence-electron chi connectivity index (χ3n) is 6.72. The smallest absolute Gasteiger partial charge is 0.253 e. The first-order chi connectivity index (χ1) is 14.1. The second kappa shape index (κ2) is 9.26. The Morgan fingerprint density at radius 3 is 2.14 bits per heavy atom. The van der Waals surface area contributed by atoms with E-state index in [4.69, 9.17) is 4.74 Å². The van der Waals surface area contributed by atoms with Gasteiger partial charge in [-0.15, -0.1) is 0 Å². The van der Waals surface area contributed by atoms with Crippen LogP contribution in [-0.2, 0) is 9.53 Å². The molecular weight excluding hydrogens is 366 g/mol. The van der Waals surface area contributed by atoms with Crippen molar-refractivity contribution in [2.45, 2.75) is 38.6 Å². The predicted molar refractivity (Wildman–Crippen MR) is 112 cm³/mol. The highest BCUT2D eigenvalue weighted by Gasteiger charge is 2.39. The highest BCUT2D eigenvalue weighted by atomic mass is 16.5. The SMILES string of the molecule is Cc1ccc(C(=O)N2CCN(C(C(=O)N3CCOCC3)C3CCCC3)CC2)cc1. The topological polar surface area (TPSA) is 53.1 Å². The molecule has 3 aliphatic rings. The normalized spacial score (nSPS) is 22.7. The van der Waals surface area contributed by atoms with Crippen molar-refractivity contribution in [3.8, 4) is 0 Å². The summed E-state index contributed by atoms with van der Waals surface area (Å²) in [5, 5.41) is 0. The Kier molecular flexibility index (Phi) is 6.50. The molecule has 1 unspecified atom stereocenters. The van der Waals surface area contributed by atoms with Crippen LogP contribution in [0.4, 0.5) is 0 Å². The summed E-state index contributed by atoms with van der Waals surface area (Å²) < 4.78 is 5.44. The Bertz CT molecular complexity index is 701. The predicted octanol–water partition coefficient (Wildman–Crippen LogP) is 2.17. The number of carbonyl (C=O) groups is 2. The van der Waals surface area contributed by atoms with Crippen molar-refractivity contribution in [3.63, 3.8) is 0 Å². The van der Waals surface area contributed by atoms with E-state index in [0.29, 0.717) is 45.3 Å². The summed E-state index contributed by atoms with van der Waals surface area (Å²) in [5.41, 5.74) is 1.91. The molecule has 2 saturated heterocycles. The summed E-state index contributed by atoms with van der Waals surface area (Å²) in [6.45, 7) is 7.63. The van der Waals surface area contributed by atoms with E-state index in [-0.39, 0.29) is 17.9 Å². The quantitative estimate of drug-likeness (QED) is 0.779. The number of carbonyl (C=O) groups excluding carboxylic acids is 2. The first-order valence-corrected chi connectivity index (χ1v) is 11.1. The van der Waals surface area contributed by atoms with Crippen LogP contribution in [0.15, 0.2) is 24.3 Å². The number of hydrogen-bond acceptors (Lipinski definition) is 4. The van der Waals surface area contributed by atoms with Crippen molar-refractivity contribution in [3.05, 3.63) is 35.4 Å². The van der Waals surface area contributed by atoms with Gasteiger partial charge in [-0.2, -0.15) is 0 Å². The van der Waals surface area contributed by atoms with Crippen LogP contribution in [0.3, 0.4) is 0 Å². The number of aryl methyl sites for hydroxylation is 1. The van der Waals surface area contributed by atoms with Gasteiger partial charge in [-0.3, -0.25) is 14.5 Å². The number of nitrogens with zero attached hydrogens (tertiary/aromatic N) is 3. The van der Waals surface area contributed by atoms with Crippen LogP contribution in [0.1, 0.15) is 41.6 Å². The van der Waals surface area contributed by atoms with Gasteiger partial charge < -0.3 is 14.5 Å². The van der Waals surface area contributed by atoms with E-state index < -0.39 is 0 Å². The Morgan fingerprint density at radius 1 is 0.897 bits per heavy atom. The van der Waals surface area contributed by atoms with E-state index >= 15 is 0 Å². The molecule has 0 aromatic heterocycles. The molecule has 6 nitrogen and oxygen atoms in total. The Balaban J connectivity index is 1.41. The number of rotatable bonds is 4. The van der Waals surface area contributed by atoms with Gasteiger partial charge in [-0.05, 0) is 37.8 Å². The Morgan fingerprint density at radius 2 is 1.52 bits per heavy atom. The minimum atomic E-state index is -0.0350. The molecule has 29 heavy (non-hydrogen) atoms. The Hall–Kier alpha value is -1.92. The average Bonchev–Trinajstić information content (AvgIpc) is 3.29. The van der Waals surface area contributed by atoms with Gasteiger partial charge in [0, 0.05) is 44.8 Å². The third-order valence-corrected chi connectivity index (χ3v) is 6.72. The van der Waals surface area contributed by atoms with E-state index in [1.54, 1.807) is 0 Å². The van der Waals surface area contributed by atoms with Crippen molar-refractivity contribution in [1.82, 2.24) is 14.7 Å². The molecule has 4 rings (SSSR count). The van der Waals surface area contributed by atoms with Crippen molar-refractivity contribution in [2.75, 3.05) is 52.5 Å². The zero-order valence-corrected chi connectivity index (χ0v) is 17.5. The molecule has 158 valence electrons. The van der Waals surface area contributed by atoms with Gasteiger partial charge >= 0.3 is 0 Å². The summed E-state index contributed by atoms with van der Waals surface area (Å²) in [6.07, 6.45) is 4.74. The summed E-state index contributed by atoms with van der Waals surface area (Å²) in [5.74, 6) is 0.824. The van der Waals surface area contributed by atoms with E-state index in [1.165, 1.54) is 12.8 Å². The summed E-state index contributed by atoms with van der Waals surface area (Å²) in [4.78, 5) is 32.5. The molecule has 1 aromatic rings. The third kappa shape index (κ3) is 4.64. The maximum Gasteiger partial charge on any atom is 0.253 e. The summed E-state index contributed by atoms with van der Waals surface area (Å²) in [7, 11) is 0. The van der Waals surface area contributed by atoms with Gasteiger partial charge in [-0.25, -0.2) is 0 Å². The summed E-state index contributed by atoms with van der Waals surface area (Å²) in [6, 6.07) is 7.76. The van der Waals surface area contributed by atoms with Gasteiger partial charge in [0.25, 0.3) is 5.91 Å².